The van der Waals surface area contributed by atoms with Crippen LogP contribution in [-0.2, 0) is 31.9 Å². The highest BCUT2D eigenvalue weighted by Gasteiger charge is 2.20. The van der Waals surface area contributed by atoms with E-state index in [9.17, 15) is 24.0 Å². The number of amides is 2. The lowest BCUT2D eigenvalue weighted by molar-refractivity contribution is -0.137. The standard InChI is InChI=1S/C45H66N2O9/c1-7-9-11-13-15-17-19-21-35-23-25-37(39(31-35)55-41(48)33(3)4)43(50)53-29-27-46-45(52)47-28-30-54-44(51)38-26-24-36(22-20-18-16-14-12-10-8-2)32-40(38)56-42(49)34(5)6/h23-26,31-32,34H,3,7-22,27-30H2,1-2,4-6H3,(H2,46,47,52). The maximum absolute atomic E-state index is 13.0. The Bertz CT molecular complexity index is 1550. The number of aryl methyl sites for hydroxylation is 2. The number of hydrogen-bond acceptors (Lipinski definition) is 9. The van der Waals surface area contributed by atoms with Crippen LogP contribution in [-0.4, -0.2) is 56.2 Å². The van der Waals surface area contributed by atoms with Crippen LogP contribution < -0.4 is 20.1 Å². The summed E-state index contributed by atoms with van der Waals surface area (Å²) in [6.07, 6.45) is 18.1. The zero-order chi connectivity index (χ0) is 41.1. The molecule has 0 heterocycles. The Balaban J connectivity index is 1.82. The third-order valence-electron chi connectivity index (χ3n) is 9.14. The van der Waals surface area contributed by atoms with Gasteiger partial charge in [-0.1, -0.05) is 123 Å². The molecule has 2 aromatic carbocycles. The molecule has 0 aliphatic heterocycles. The van der Waals surface area contributed by atoms with E-state index in [1.54, 1.807) is 38.1 Å². The predicted molar refractivity (Wildman–Crippen MR) is 219 cm³/mol. The summed E-state index contributed by atoms with van der Waals surface area (Å²) in [7, 11) is 0. The average Bonchev–Trinajstić information content (AvgIpc) is 3.17. The first kappa shape index (κ1) is 47.5. The van der Waals surface area contributed by atoms with Gasteiger partial charge in [-0.15, -0.1) is 0 Å². The molecule has 11 heteroatoms. The van der Waals surface area contributed by atoms with Crippen LogP contribution in [0.5, 0.6) is 11.5 Å². The van der Waals surface area contributed by atoms with E-state index in [2.05, 4.69) is 31.1 Å². The first-order valence-corrected chi connectivity index (χ1v) is 20.7. The predicted octanol–water partition coefficient (Wildman–Crippen LogP) is 9.63. The molecule has 2 rings (SSSR count). The summed E-state index contributed by atoms with van der Waals surface area (Å²) in [6.45, 7) is 12.8. The topological polar surface area (TPSA) is 146 Å². The van der Waals surface area contributed by atoms with Crippen LogP contribution in [0.25, 0.3) is 0 Å². The number of benzene rings is 2. The highest BCUT2D eigenvalue weighted by Crippen LogP contribution is 2.26. The lowest BCUT2D eigenvalue weighted by Crippen LogP contribution is -2.39. The molecule has 0 spiro atoms. The molecular formula is C45H66N2O9. The van der Waals surface area contributed by atoms with Crippen LogP contribution >= 0.6 is 0 Å². The molecule has 0 saturated heterocycles. The zero-order valence-electron chi connectivity index (χ0n) is 34.6. The Morgan fingerprint density at radius 3 is 1.43 bits per heavy atom. The fourth-order valence-corrected chi connectivity index (χ4v) is 5.77. The summed E-state index contributed by atoms with van der Waals surface area (Å²) in [5.74, 6) is -2.57. The van der Waals surface area contributed by atoms with Crippen molar-refractivity contribution in [3.8, 4) is 11.5 Å². The number of nitrogens with one attached hydrogen (secondary N) is 2. The molecule has 0 radical (unpaired) electrons. The van der Waals surface area contributed by atoms with Crippen molar-refractivity contribution in [1.29, 1.82) is 0 Å². The summed E-state index contributed by atoms with van der Waals surface area (Å²) in [6, 6.07) is 9.75. The van der Waals surface area contributed by atoms with Gasteiger partial charge in [0, 0.05) is 5.57 Å². The van der Waals surface area contributed by atoms with Crippen LogP contribution in [0.4, 0.5) is 4.79 Å². The SMILES string of the molecule is C=C(C)C(=O)Oc1cc(CCCCCCCCC)ccc1C(=O)OCCNC(=O)NCCOC(=O)c1ccc(CCCCCCCCC)cc1OC(=O)C(C)C. The molecule has 0 fully saturated rings. The summed E-state index contributed by atoms with van der Waals surface area (Å²) in [5, 5.41) is 5.17. The second-order valence-corrected chi connectivity index (χ2v) is 14.6. The van der Waals surface area contributed by atoms with E-state index < -0.39 is 29.9 Å². The first-order chi connectivity index (χ1) is 27.0. The van der Waals surface area contributed by atoms with Crippen molar-refractivity contribution < 1.29 is 42.9 Å². The van der Waals surface area contributed by atoms with Gasteiger partial charge in [0.1, 0.15) is 35.8 Å². The Labute approximate surface area is 334 Å². The van der Waals surface area contributed by atoms with Crippen molar-refractivity contribution in [2.75, 3.05) is 26.3 Å². The molecule has 2 aromatic rings. The minimum absolute atomic E-state index is 0.00434. The van der Waals surface area contributed by atoms with Crippen molar-refractivity contribution in [3.05, 3.63) is 70.8 Å². The number of esters is 4. The molecule has 0 saturated carbocycles. The van der Waals surface area contributed by atoms with E-state index in [4.69, 9.17) is 18.9 Å². The maximum atomic E-state index is 13.0. The smallest absolute Gasteiger partial charge is 0.342 e. The first-order valence-electron chi connectivity index (χ1n) is 20.7. The van der Waals surface area contributed by atoms with Crippen LogP contribution in [0.1, 0.15) is 156 Å². The van der Waals surface area contributed by atoms with Crippen molar-refractivity contribution in [3.63, 3.8) is 0 Å². The number of rotatable bonds is 28. The number of unbranched alkanes of at least 4 members (excludes halogenated alkanes) is 12. The van der Waals surface area contributed by atoms with E-state index in [0.29, 0.717) is 0 Å². The van der Waals surface area contributed by atoms with Crippen LogP contribution in [0, 0.1) is 5.92 Å². The van der Waals surface area contributed by atoms with Crippen molar-refractivity contribution in [2.24, 2.45) is 5.92 Å². The number of carbonyl (C=O) groups is 5. The van der Waals surface area contributed by atoms with Gasteiger partial charge < -0.3 is 29.6 Å². The number of hydrogen-bond donors (Lipinski definition) is 2. The molecule has 0 aromatic heterocycles. The highest BCUT2D eigenvalue weighted by molar-refractivity contribution is 5.96. The molecule has 0 atom stereocenters. The number of carbonyl (C=O) groups excluding carboxylic acids is 5. The second kappa shape index (κ2) is 27.8. The van der Waals surface area contributed by atoms with Gasteiger partial charge in [0.15, 0.2) is 0 Å². The number of urea groups is 1. The van der Waals surface area contributed by atoms with Gasteiger partial charge in [-0.25, -0.2) is 19.2 Å². The van der Waals surface area contributed by atoms with Crippen LogP contribution in [0.2, 0.25) is 0 Å². The minimum Gasteiger partial charge on any atom is -0.460 e. The monoisotopic (exact) mass is 778 g/mol. The molecule has 56 heavy (non-hydrogen) atoms. The minimum atomic E-state index is -0.699. The molecule has 310 valence electrons. The number of ether oxygens (including phenoxy) is 4. The van der Waals surface area contributed by atoms with E-state index in [-0.39, 0.29) is 60.4 Å². The third-order valence-corrected chi connectivity index (χ3v) is 9.14. The van der Waals surface area contributed by atoms with Gasteiger partial charge in [0.25, 0.3) is 0 Å². The molecular weight excluding hydrogens is 712 g/mol. The van der Waals surface area contributed by atoms with Gasteiger partial charge in [-0.05, 0) is 68.0 Å². The van der Waals surface area contributed by atoms with E-state index >= 15 is 0 Å². The Morgan fingerprint density at radius 1 is 0.607 bits per heavy atom. The summed E-state index contributed by atoms with van der Waals surface area (Å²) in [5.41, 5.74) is 2.36. The quantitative estimate of drug-likeness (QED) is 0.0373. The van der Waals surface area contributed by atoms with Gasteiger partial charge >= 0.3 is 29.9 Å². The molecule has 2 amide bonds. The van der Waals surface area contributed by atoms with E-state index in [1.807, 2.05) is 12.1 Å². The molecule has 2 N–H and O–H groups in total. The van der Waals surface area contributed by atoms with Gasteiger partial charge in [0.2, 0.25) is 0 Å². The van der Waals surface area contributed by atoms with Crippen LogP contribution in [0.3, 0.4) is 0 Å². The maximum Gasteiger partial charge on any atom is 0.342 e. The lowest BCUT2D eigenvalue weighted by atomic mass is 10.0. The van der Waals surface area contributed by atoms with Crippen molar-refractivity contribution in [2.45, 2.75) is 137 Å². The van der Waals surface area contributed by atoms with E-state index in [0.717, 1.165) is 49.7 Å². The van der Waals surface area contributed by atoms with E-state index in [1.165, 1.54) is 71.1 Å². The molecule has 11 nitrogen and oxygen atoms in total. The van der Waals surface area contributed by atoms with Gasteiger partial charge in [-0.3, -0.25) is 4.79 Å². The largest absolute Gasteiger partial charge is 0.460 e. The Morgan fingerprint density at radius 2 is 1.02 bits per heavy atom. The molecule has 0 aliphatic rings. The second-order valence-electron chi connectivity index (χ2n) is 14.6. The molecule has 0 unspecified atom stereocenters. The average molecular weight is 779 g/mol. The highest BCUT2D eigenvalue weighted by atomic mass is 16.6. The lowest BCUT2D eigenvalue weighted by Gasteiger charge is -2.14. The van der Waals surface area contributed by atoms with Crippen molar-refractivity contribution >= 4 is 29.9 Å². The van der Waals surface area contributed by atoms with Gasteiger partial charge in [0.05, 0.1) is 19.0 Å². The normalized spacial score (nSPS) is 10.8. The van der Waals surface area contributed by atoms with Gasteiger partial charge in [-0.2, -0.15) is 0 Å². The summed E-state index contributed by atoms with van der Waals surface area (Å²) >= 11 is 0. The Kier molecular flexibility index (Phi) is 23.6. The van der Waals surface area contributed by atoms with Crippen LogP contribution in [0.15, 0.2) is 48.6 Å². The fraction of sp³-hybridized carbons (Fsp3) is 0.578. The third kappa shape index (κ3) is 19.3. The molecule has 0 aliphatic carbocycles. The molecule has 0 bridgehead atoms. The summed E-state index contributed by atoms with van der Waals surface area (Å²) in [4.78, 5) is 63.0. The fourth-order valence-electron chi connectivity index (χ4n) is 5.77. The summed E-state index contributed by atoms with van der Waals surface area (Å²) < 4.78 is 21.8. The zero-order valence-corrected chi connectivity index (χ0v) is 34.6. The Hall–Kier alpha value is -4.67. The van der Waals surface area contributed by atoms with Crippen molar-refractivity contribution in [1.82, 2.24) is 10.6 Å².